The molecule has 1 aromatic rings. The van der Waals surface area contributed by atoms with Crippen molar-refractivity contribution in [3.8, 4) is 5.75 Å². The minimum absolute atomic E-state index is 0.0659. The number of benzene rings is 1. The summed E-state index contributed by atoms with van der Waals surface area (Å²) >= 11 is 0. The molecule has 0 aliphatic heterocycles. The van der Waals surface area contributed by atoms with Crippen molar-refractivity contribution in [3.05, 3.63) is 29.6 Å². The monoisotopic (exact) mass is 236 g/mol. The molecular formula is C11H12F4O. The molecule has 0 amide bonds. The lowest BCUT2D eigenvalue weighted by molar-refractivity contribution is -0.275. The SMILES string of the molecule is CCC(C)c1ccc(F)c(OC(F)(F)F)c1. The summed E-state index contributed by atoms with van der Waals surface area (Å²) < 4.78 is 52.5. The van der Waals surface area contributed by atoms with Crippen molar-refractivity contribution in [2.24, 2.45) is 0 Å². The van der Waals surface area contributed by atoms with Crippen LogP contribution < -0.4 is 4.74 Å². The van der Waals surface area contributed by atoms with Crippen LogP contribution in [-0.4, -0.2) is 6.36 Å². The van der Waals surface area contributed by atoms with Crippen molar-refractivity contribution in [2.45, 2.75) is 32.5 Å². The summed E-state index contributed by atoms with van der Waals surface area (Å²) in [5.74, 6) is -1.72. The van der Waals surface area contributed by atoms with Crippen LogP contribution in [-0.2, 0) is 0 Å². The molecule has 0 radical (unpaired) electrons. The van der Waals surface area contributed by atoms with Crippen molar-refractivity contribution in [2.75, 3.05) is 0 Å². The van der Waals surface area contributed by atoms with Crippen molar-refractivity contribution in [1.82, 2.24) is 0 Å². The zero-order valence-corrected chi connectivity index (χ0v) is 8.94. The van der Waals surface area contributed by atoms with Crippen molar-refractivity contribution in [3.63, 3.8) is 0 Å². The first kappa shape index (κ1) is 12.8. The average Bonchev–Trinajstić information content (AvgIpc) is 2.18. The molecular weight excluding hydrogens is 224 g/mol. The van der Waals surface area contributed by atoms with Gasteiger partial charge in [0.1, 0.15) is 0 Å². The van der Waals surface area contributed by atoms with Crippen molar-refractivity contribution >= 4 is 0 Å². The van der Waals surface area contributed by atoms with Gasteiger partial charge in [-0.15, -0.1) is 13.2 Å². The molecule has 90 valence electrons. The Morgan fingerprint density at radius 2 is 1.94 bits per heavy atom. The Hall–Kier alpha value is -1.26. The van der Waals surface area contributed by atoms with Crippen LogP contribution in [0.3, 0.4) is 0 Å². The molecule has 0 aliphatic rings. The van der Waals surface area contributed by atoms with Crippen LogP contribution in [0.4, 0.5) is 17.6 Å². The number of halogens is 4. The third-order valence-corrected chi connectivity index (χ3v) is 2.36. The van der Waals surface area contributed by atoms with E-state index < -0.39 is 17.9 Å². The van der Waals surface area contributed by atoms with Crippen LogP contribution in [0.15, 0.2) is 18.2 Å². The molecule has 0 fully saturated rings. The van der Waals surface area contributed by atoms with Gasteiger partial charge in [0.15, 0.2) is 11.6 Å². The topological polar surface area (TPSA) is 9.23 Å². The summed E-state index contributed by atoms with van der Waals surface area (Å²) in [4.78, 5) is 0. The lowest BCUT2D eigenvalue weighted by Crippen LogP contribution is -2.18. The summed E-state index contributed by atoms with van der Waals surface area (Å²) in [5.41, 5.74) is 0.628. The Balaban J connectivity index is 2.99. The van der Waals surface area contributed by atoms with Crippen LogP contribution >= 0.6 is 0 Å². The Kier molecular flexibility index (Phi) is 3.78. The number of ether oxygens (including phenoxy) is 1. The molecule has 1 atom stereocenters. The quantitative estimate of drug-likeness (QED) is 0.713. The summed E-state index contributed by atoms with van der Waals surface area (Å²) in [5, 5.41) is 0. The fourth-order valence-corrected chi connectivity index (χ4v) is 1.27. The molecule has 0 heterocycles. The molecule has 0 N–H and O–H groups in total. The summed E-state index contributed by atoms with van der Waals surface area (Å²) in [7, 11) is 0. The van der Waals surface area contributed by atoms with Crippen LogP contribution in [0.2, 0.25) is 0 Å². The van der Waals surface area contributed by atoms with Gasteiger partial charge < -0.3 is 4.74 Å². The van der Waals surface area contributed by atoms with Gasteiger partial charge in [-0.05, 0) is 30.0 Å². The van der Waals surface area contributed by atoms with E-state index in [0.717, 1.165) is 18.6 Å². The molecule has 16 heavy (non-hydrogen) atoms. The van der Waals surface area contributed by atoms with Gasteiger partial charge in [0.25, 0.3) is 0 Å². The number of alkyl halides is 3. The van der Waals surface area contributed by atoms with E-state index in [4.69, 9.17) is 0 Å². The molecule has 0 bridgehead atoms. The molecule has 5 heteroatoms. The Labute approximate surface area is 91.0 Å². The Morgan fingerprint density at radius 1 is 1.31 bits per heavy atom. The summed E-state index contributed by atoms with van der Waals surface area (Å²) in [6.45, 7) is 3.75. The highest BCUT2D eigenvalue weighted by Crippen LogP contribution is 2.29. The second kappa shape index (κ2) is 4.72. The molecule has 1 rings (SSSR count). The highest BCUT2D eigenvalue weighted by atomic mass is 19.4. The Bertz CT molecular complexity index is 359. The van der Waals surface area contributed by atoms with Crippen molar-refractivity contribution < 1.29 is 22.3 Å². The normalized spacial score (nSPS) is 13.6. The van der Waals surface area contributed by atoms with Crippen molar-refractivity contribution in [1.29, 1.82) is 0 Å². The number of hydrogen-bond acceptors (Lipinski definition) is 1. The first-order valence-electron chi connectivity index (χ1n) is 4.88. The molecule has 1 nitrogen and oxygen atoms in total. The van der Waals surface area contributed by atoms with Gasteiger partial charge in [0.2, 0.25) is 0 Å². The van der Waals surface area contributed by atoms with Crippen LogP contribution in [0.1, 0.15) is 31.7 Å². The Morgan fingerprint density at radius 3 is 2.44 bits per heavy atom. The van der Waals surface area contributed by atoms with E-state index in [1.54, 1.807) is 0 Å². The van der Waals surface area contributed by atoms with Crippen LogP contribution in [0, 0.1) is 5.82 Å². The highest BCUT2D eigenvalue weighted by molar-refractivity contribution is 5.32. The van der Waals surface area contributed by atoms with E-state index in [-0.39, 0.29) is 5.92 Å². The van der Waals surface area contributed by atoms with Gasteiger partial charge in [0.05, 0.1) is 0 Å². The molecule has 0 spiro atoms. The van der Waals surface area contributed by atoms with Gasteiger partial charge in [-0.1, -0.05) is 19.9 Å². The maximum atomic E-state index is 13.0. The second-order valence-corrected chi connectivity index (χ2v) is 3.55. The standard InChI is InChI=1S/C11H12F4O/c1-3-7(2)8-4-5-9(12)10(6-8)16-11(13,14)15/h4-7H,3H2,1-2H3. The molecule has 1 unspecified atom stereocenters. The third kappa shape index (κ3) is 3.40. The van der Waals surface area contributed by atoms with Gasteiger partial charge in [-0.25, -0.2) is 4.39 Å². The smallest absolute Gasteiger partial charge is 0.403 e. The van der Waals surface area contributed by atoms with E-state index in [9.17, 15) is 17.6 Å². The van der Waals surface area contributed by atoms with E-state index in [1.165, 1.54) is 6.07 Å². The fraction of sp³-hybridized carbons (Fsp3) is 0.455. The minimum atomic E-state index is -4.87. The second-order valence-electron chi connectivity index (χ2n) is 3.55. The van der Waals surface area contributed by atoms with E-state index >= 15 is 0 Å². The van der Waals surface area contributed by atoms with Crippen LogP contribution in [0.5, 0.6) is 5.75 Å². The molecule has 1 aromatic carbocycles. The first-order chi connectivity index (χ1) is 7.33. The first-order valence-corrected chi connectivity index (χ1v) is 4.88. The fourth-order valence-electron chi connectivity index (χ4n) is 1.27. The zero-order valence-electron chi connectivity index (χ0n) is 8.94. The summed E-state index contributed by atoms with van der Waals surface area (Å²) in [6, 6.07) is 3.55. The summed E-state index contributed by atoms with van der Waals surface area (Å²) in [6.07, 6.45) is -4.11. The lowest BCUT2D eigenvalue weighted by Gasteiger charge is -2.13. The van der Waals surface area contributed by atoms with Gasteiger partial charge in [-0.2, -0.15) is 0 Å². The third-order valence-electron chi connectivity index (χ3n) is 2.36. The van der Waals surface area contributed by atoms with E-state index in [0.29, 0.717) is 5.56 Å². The lowest BCUT2D eigenvalue weighted by atomic mass is 9.98. The van der Waals surface area contributed by atoms with Gasteiger partial charge in [-0.3, -0.25) is 0 Å². The molecule has 0 saturated heterocycles. The minimum Gasteiger partial charge on any atom is -0.403 e. The van der Waals surface area contributed by atoms with E-state index in [1.807, 2.05) is 13.8 Å². The molecule has 0 aromatic heterocycles. The average molecular weight is 236 g/mol. The largest absolute Gasteiger partial charge is 0.573 e. The predicted molar refractivity (Wildman–Crippen MR) is 51.8 cm³/mol. The number of rotatable bonds is 3. The van der Waals surface area contributed by atoms with Gasteiger partial charge in [0, 0.05) is 0 Å². The van der Waals surface area contributed by atoms with Gasteiger partial charge >= 0.3 is 6.36 Å². The highest BCUT2D eigenvalue weighted by Gasteiger charge is 2.32. The van der Waals surface area contributed by atoms with E-state index in [2.05, 4.69) is 4.74 Å². The molecule has 0 saturated carbocycles. The zero-order chi connectivity index (χ0) is 12.3. The predicted octanol–water partition coefficient (Wildman–Crippen LogP) is 4.24. The molecule has 0 aliphatic carbocycles. The number of hydrogen-bond donors (Lipinski definition) is 0. The van der Waals surface area contributed by atoms with Crippen LogP contribution in [0.25, 0.3) is 0 Å². The maximum absolute atomic E-state index is 13.0. The maximum Gasteiger partial charge on any atom is 0.573 e.